The summed E-state index contributed by atoms with van der Waals surface area (Å²) in [6.45, 7) is 3.65. The number of carbonyl (C=O) groups excluding carboxylic acids is 1. The normalized spacial score (nSPS) is 16.7. The van der Waals surface area contributed by atoms with E-state index in [1.165, 1.54) is 0 Å². The van der Waals surface area contributed by atoms with E-state index < -0.39 is 0 Å². The summed E-state index contributed by atoms with van der Waals surface area (Å²) in [6, 6.07) is 11.5. The molecule has 2 amide bonds. The van der Waals surface area contributed by atoms with Crippen LogP contribution in [-0.4, -0.2) is 39.1 Å². The van der Waals surface area contributed by atoms with E-state index in [0.29, 0.717) is 18.1 Å². The van der Waals surface area contributed by atoms with Crippen molar-refractivity contribution in [1.29, 1.82) is 0 Å². The number of nitrogens with zero attached hydrogens (tertiary/aromatic N) is 4. The third kappa shape index (κ3) is 3.20. The molecule has 1 fully saturated rings. The molecule has 1 aromatic carbocycles. The van der Waals surface area contributed by atoms with E-state index in [-0.39, 0.29) is 12.1 Å². The second-order valence-corrected chi connectivity index (χ2v) is 6.57. The van der Waals surface area contributed by atoms with Gasteiger partial charge in [0.1, 0.15) is 5.82 Å². The van der Waals surface area contributed by atoms with Gasteiger partial charge in [-0.15, -0.1) is 0 Å². The number of methoxy groups -OCH3 is 1. The van der Waals surface area contributed by atoms with E-state index in [1.54, 1.807) is 25.4 Å². The number of imidazole rings is 1. The lowest BCUT2D eigenvalue weighted by atomic mass is 10.2. The number of anilines is 1. The highest BCUT2D eigenvalue weighted by Gasteiger charge is 2.33. The second-order valence-electron chi connectivity index (χ2n) is 6.57. The zero-order chi connectivity index (χ0) is 18.8. The number of aromatic nitrogens is 3. The number of hydrogen-bond donors (Lipinski definition) is 1. The predicted molar refractivity (Wildman–Crippen MR) is 104 cm³/mol. The smallest absolute Gasteiger partial charge is 0.322 e. The topological polar surface area (TPSA) is 72.3 Å². The van der Waals surface area contributed by atoms with Crippen molar-refractivity contribution in [1.82, 2.24) is 19.4 Å². The monoisotopic (exact) mass is 365 g/mol. The quantitative estimate of drug-likeness (QED) is 0.763. The van der Waals surface area contributed by atoms with Crippen molar-refractivity contribution in [3.63, 3.8) is 0 Å². The standard InChI is InChI=1S/C20H23N5O2/c1-3-24-16-8-5-4-7-15(16)23-19(24)17-9-6-12-25(17)20(26)22-14-10-11-18(27-2)21-13-14/h4-5,7-8,10-11,13,17H,3,6,9,12H2,1-2H3,(H,22,26)/t17-/m1/s1. The first-order chi connectivity index (χ1) is 13.2. The summed E-state index contributed by atoms with van der Waals surface area (Å²) in [6.07, 6.45) is 3.48. The minimum absolute atomic E-state index is 0.0245. The Morgan fingerprint density at radius 3 is 2.89 bits per heavy atom. The molecule has 0 aliphatic carbocycles. The number of amides is 2. The fraction of sp³-hybridized carbons (Fsp3) is 0.350. The molecule has 140 valence electrons. The molecule has 1 N–H and O–H groups in total. The Morgan fingerprint density at radius 2 is 2.15 bits per heavy atom. The molecule has 4 rings (SSSR count). The molecule has 7 nitrogen and oxygen atoms in total. The average Bonchev–Trinajstić information content (AvgIpc) is 3.32. The van der Waals surface area contributed by atoms with Gasteiger partial charge in [0, 0.05) is 19.2 Å². The first-order valence-corrected chi connectivity index (χ1v) is 9.24. The van der Waals surface area contributed by atoms with Gasteiger partial charge in [-0.05, 0) is 38.0 Å². The maximum atomic E-state index is 12.9. The highest BCUT2D eigenvalue weighted by molar-refractivity contribution is 5.89. The van der Waals surface area contributed by atoms with Gasteiger partial charge >= 0.3 is 6.03 Å². The lowest BCUT2D eigenvalue weighted by Gasteiger charge is -2.25. The number of rotatable bonds is 4. The van der Waals surface area contributed by atoms with E-state index >= 15 is 0 Å². The molecule has 27 heavy (non-hydrogen) atoms. The zero-order valence-electron chi connectivity index (χ0n) is 15.6. The fourth-order valence-electron chi connectivity index (χ4n) is 3.73. The van der Waals surface area contributed by atoms with Gasteiger partial charge in [-0.2, -0.15) is 0 Å². The summed E-state index contributed by atoms with van der Waals surface area (Å²) in [4.78, 5) is 23.7. The molecule has 1 atom stereocenters. The van der Waals surface area contributed by atoms with Gasteiger partial charge in [0.15, 0.2) is 0 Å². The van der Waals surface area contributed by atoms with Gasteiger partial charge in [0.05, 0.1) is 36.1 Å². The van der Waals surface area contributed by atoms with Crippen LogP contribution >= 0.6 is 0 Å². The third-order valence-electron chi connectivity index (χ3n) is 5.01. The molecular formula is C20H23N5O2. The number of aryl methyl sites for hydroxylation is 1. The van der Waals surface area contributed by atoms with Crippen LogP contribution in [0.25, 0.3) is 11.0 Å². The lowest BCUT2D eigenvalue weighted by Crippen LogP contribution is -2.35. The van der Waals surface area contributed by atoms with E-state index in [1.807, 2.05) is 23.1 Å². The van der Waals surface area contributed by atoms with Crippen LogP contribution in [0, 0.1) is 0 Å². The van der Waals surface area contributed by atoms with Crippen LogP contribution < -0.4 is 10.1 Å². The average molecular weight is 365 g/mol. The second kappa shape index (κ2) is 7.26. The molecule has 1 aliphatic rings. The van der Waals surface area contributed by atoms with Crippen molar-refractivity contribution >= 4 is 22.8 Å². The van der Waals surface area contributed by atoms with Gasteiger partial charge in [0.2, 0.25) is 5.88 Å². The van der Waals surface area contributed by atoms with Crippen molar-refractivity contribution in [2.24, 2.45) is 0 Å². The molecule has 0 saturated carbocycles. The van der Waals surface area contributed by atoms with Crippen LogP contribution in [0.4, 0.5) is 10.5 Å². The van der Waals surface area contributed by atoms with Crippen molar-refractivity contribution in [3.8, 4) is 5.88 Å². The molecule has 0 unspecified atom stereocenters. The third-order valence-corrected chi connectivity index (χ3v) is 5.01. The molecule has 0 radical (unpaired) electrons. The van der Waals surface area contributed by atoms with Gasteiger partial charge in [-0.3, -0.25) is 0 Å². The van der Waals surface area contributed by atoms with Crippen LogP contribution in [0.15, 0.2) is 42.6 Å². The lowest BCUT2D eigenvalue weighted by molar-refractivity contribution is 0.204. The molecule has 0 bridgehead atoms. The van der Waals surface area contributed by atoms with Crippen molar-refractivity contribution in [2.75, 3.05) is 19.0 Å². The van der Waals surface area contributed by atoms with Crippen molar-refractivity contribution in [2.45, 2.75) is 32.4 Å². The van der Waals surface area contributed by atoms with Crippen molar-refractivity contribution in [3.05, 3.63) is 48.4 Å². The van der Waals surface area contributed by atoms with Gasteiger partial charge in [-0.25, -0.2) is 14.8 Å². The summed E-state index contributed by atoms with van der Waals surface area (Å²) in [7, 11) is 1.56. The highest BCUT2D eigenvalue weighted by atomic mass is 16.5. The molecule has 2 aromatic heterocycles. The van der Waals surface area contributed by atoms with Gasteiger partial charge < -0.3 is 19.5 Å². The highest BCUT2D eigenvalue weighted by Crippen LogP contribution is 2.33. The minimum atomic E-state index is -0.126. The largest absolute Gasteiger partial charge is 0.481 e. The first kappa shape index (κ1) is 17.3. The van der Waals surface area contributed by atoms with Gasteiger partial charge in [0.25, 0.3) is 0 Å². The molecule has 3 aromatic rings. The Kier molecular flexibility index (Phi) is 4.66. The Balaban J connectivity index is 1.59. The van der Waals surface area contributed by atoms with E-state index in [4.69, 9.17) is 9.72 Å². The number of pyridine rings is 1. The number of urea groups is 1. The first-order valence-electron chi connectivity index (χ1n) is 9.24. The number of benzene rings is 1. The fourth-order valence-corrected chi connectivity index (χ4v) is 3.73. The number of carbonyl (C=O) groups is 1. The Morgan fingerprint density at radius 1 is 1.30 bits per heavy atom. The summed E-state index contributed by atoms with van der Waals surface area (Å²) in [5.74, 6) is 1.47. The molecular weight excluding hydrogens is 342 g/mol. The summed E-state index contributed by atoms with van der Waals surface area (Å²) in [5.41, 5.74) is 2.73. The SMILES string of the molecule is CCn1c([C@H]2CCCN2C(=O)Nc2ccc(OC)nc2)nc2ccccc21. The summed E-state index contributed by atoms with van der Waals surface area (Å²) in [5, 5.41) is 2.94. The van der Waals surface area contributed by atoms with E-state index in [0.717, 1.165) is 36.2 Å². The molecule has 1 aliphatic heterocycles. The molecule has 7 heteroatoms. The molecule has 1 saturated heterocycles. The zero-order valence-corrected chi connectivity index (χ0v) is 15.6. The van der Waals surface area contributed by atoms with Crippen LogP contribution in [0.5, 0.6) is 5.88 Å². The van der Waals surface area contributed by atoms with E-state index in [2.05, 4.69) is 27.9 Å². The number of nitrogens with one attached hydrogen (secondary N) is 1. The minimum Gasteiger partial charge on any atom is -0.481 e. The van der Waals surface area contributed by atoms with Crippen LogP contribution in [0.2, 0.25) is 0 Å². The number of fused-ring (bicyclic) bond motifs is 1. The summed E-state index contributed by atoms with van der Waals surface area (Å²) >= 11 is 0. The maximum Gasteiger partial charge on any atom is 0.322 e. The Bertz CT molecular complexity index is 951. The summed E-state index contributed by atoms with van der Waals surface area (Å²) < 4.78 is 7.27. The number of hydrogen-bond acceptors (Lipinski definition) is 4. The van der Waals surface area contributed by atoms with Crippen LogP contribution in [0.1, 0.15) is 31.6 Å². The molecule has 0 spiro atoms. The van der Waals surface area contributed by atoms with E-state index in [9.17, 15) is 4.79 Å². The van der Waals surface area contributed by atoms with Crippen molar-refractivity contribution < 1.29 is 9.53 Å². The number of ether oxygens (including phenoxy) is 1. The maximum absolute atomic E-state index is 12.9. The Hall–Kier alpha value is -3.09. The number of likely N-dealkylation sites (tertiary alicyclic amines) is 1. The van der Waals surface area contributed by atoms with Gasteiger partial charge in [-0.1, -0.05) is 12.1 Å². The predicted octanol–water partition coefficient (Wildman–Crippen LogP) is 3.83. The molecule has 3 heterocycles. The Labute approximate surface area is 158 Å². The van der Waals surface area contributed by atoms with Crippen LogP contribution in [0.3, 0.4) is 0 Å². The van der Waals surface area contributed by atoms with Crippen LogP contribution in [-0.2, 0) is 6.54 Å². The number of para-hydroxylation sites is 2.